The summed E-state index contributed by atoms with van der Waals surface area (Å²) in [5.41, 5.74) is 2.10. The molecule has 38 heavy (non-hydrogen) atoms. The van der Waals surface area contributed by atoms with Gasteiger partial charge in [0.2, 0.25) is 15.9 Å². The van der Waals surface area contributed by atoms with Crippen molar-refractivity contribution in [2.24, 2.45) is 0 Å². The summed E-state index contributed by atoms with van der Waals surface area (Å²) in [5, 5.41) is 4.53. The van der Waals surface area contributed by atoms with E-state index in [2.05, 4.69) is 26.9 Å². The third kappa shape index (κ3) is 4.70. The van der Waals surface area contributed by atoms with Gasteiger partial charge >= 0.3 is 0 Å². The van der Waals surface area contributed by atoms with Crippen LogP contribution in [0.5, 0.6) is 5.88 Å². The zero-order valence-electron chi connectivity index (χ0n) is 21.7. The Morgan fingerprint density at radius 3 is 2.42 bits per heavy atom. The molecule has 11 nitrogen and oxygen atoms in total. The Morgan fingerprint density at radius 2 is 1.76 bits per heavy atom. The van der Waals surface area contributed by atoms with E-state index in [-0.39, 0.29) is 22.1 Å². The third-order valence-corrected chi connectivity index (χ3v) is 8.60. The van der Waals surface area contributed by atoms with Gasteiger partial charge in [-0.1, -0.05) is 32.0 Å². The molecule has 1 aromatic carbocycles. The Hall–Kier alpha value is -3.61. The van der Waals surface area contributed by atoms with Gasteiger partial charge in [0.05, 0.1) is 29.7 Å². The minimum absolute atomic E-state index is 0.0272. The van der Waals surface area contributed by atoms with Crippen LogP contribution in [0.15, 0.2) is 52.3 Å². The van der Waals surface area contributed by atoms with Crippen LogP contribution in [0.1, 0.15) is 26.5 Å². The number of piperazine rings is 1. The Morgan fingerprint density at radius 1 is 1.03 bits per heavy atom. The first-order valence-electron chi connectivity index (χ1n) is 12.8. The maximum atomic E-state index is 13.5. The molecule has 0 saturated carbocycles. The van der Waals surface area contributed by atoms with Gasteiger partial charge in [-0.2, -0.15) is 9.40 Å². The van der Waals surface area contributed by atoms with Crippen molar-refractivity contribution in [1.82, 2.24) is 33.9 Å². The van der Waals surface area contributed by atoms with Crippen molar-refractivity contribution in [2.45, 2.75) is 32.1 Å². The summed E-state index contributed by atoms with van der Waals surface area (Å²) in [7, 11) is -3.80. The van der Waals surface area contributed by atoms with Gasteiger partial charge in [-0.25, -0.2) is 23.1 Å². The molecule has 0 unspecified atom stereocenters. The number of pyridine rings is 1. The summed E-state index contributed by atoms with van der Waals surface area (Å²) in [6, 6.07) is 11.0. The molecule has 200 valence electrons. The van der Waals surface area contributed by atoms with Crippen LogP contribution < -0.4 is 10.3 Å². The van der Waals surface area contributed by atoms with Crippen LogP contribution in [-0.2, 0) is 16.4 Å². The zero-order valence-corrected chi connectivity index (χ0v) is 22.5. The molecule has 0 spiro atoms. The summed E-state index contributed by atoms with van der Waals surface area (Å²) < 4.78 is 35.9. The monoisotopic (exact) mass is 537 g/mol. The fourth-order valence-electron chi connectivity index (χ4n) is 4.68. The fraction of sp³-hybridized carbons (Fsp3) is 0.385. The van der Waals surface area contributed by atoms with E-state index in [1.54, 1.807) is 4.68 Å². The van der Waals surface area contributed by atoms with E-state index in [0.717, 1.165) is 17.9 Å². The van der Waals surface area contributed by atoms with E-state index < -0.39 is 15.6 Å². The topological polar surface area (TPSA) is 126 Å². The molecule has 0 radical (unpaired) electrons. The van der Waals surface area contributed by atoms with Crippen molar-refractivity contribution in [3.8, 4) is 23.0 Å². The molecule has 4 heterocycles. The summed E-state index contributed by atoms with van der Waals surface area (Å²) in [4.78, 5) is 27.3. The van der Waals surface area contributed by atoms with Crippen LogP contribution in [0, 0.1) is 0 Å². The van der Waals surface area contributed by atoms with E-state index in [4.69, 9.17) is 9.72 Å². The van der Waals surface area contributed by atoms with E-state index in [9.17, 15) is 13.2 Å². The number of sulfonamides is 1. The van der Waals surface area contributed by atoms with Gasteiger partial charge in [-0.05, 0) is 38.1 Å². The summed E-state index contributed by atoms with van der Waals surface area (Å²) >= 11 is 0. The first kappa shape index (κ1) is 26.0. The molecule has 12 heteroatoms. The molecule has 1 saturated heterocycles. The van der Waals surface area contributed by atoms with Gasteiger partial charge in [-0.15, -0.1) is 0 Å². The molecule has 1 N–H and O–H groups in total. The third-order valence-electron chi connectivity index (χ3n) is 6.74. The van der Waals surface area contributed by atoms with Gasteiger partial charge in [0.25, 0.3) is 5.56 Å². The molecule has 4 aromatic rings. The van der Waals surface area contributed by atoms with E-state index in [1.165, 1.54) is 16.6 Å². The SMILES string of the molecule is CCOc1ncc(S(=O)(=O)N2CCN(CC)CC2)cc1-c1nc2c(CC)n(-c3ccccc3)nc2c(=O)[nH]1. The highest BCUT2D eigenvalue weighted by atomic mass is 32.2. The highest BCUT2D eigenvalue weighted by Crippen LogP contribution is 2.30. The van der Waals surface area contributed by atoms with E-state index in [1.807, 2.05) is 44.2 Å². The second-order valence-corrected chi connectivity index (χ2v) is 10.9. The van der Waals surface area contributed by atoms with Crippen molar-refractivity contribution >= 4 is 21.1 Å². The van der Waals surface area contributed by atoms with Crippen molar-refractivity contribution in [2.75, 3.05) is 39.3 Å². The molecular formula is C26H31N7O4S. The molecule has 1 fully saturated rings. The van der Waals surface area contributed by atoms with Crippen LogP contribution in [0.4, 0.5) is 0 Å². The Balaban J connectivity index is 1.62. The predicted molar refractivity (Wildman–Crippen MR) is 144 cm³/mol. The van der Waals surface area contributed by atoms with Crippen LogP contribution in [-0.4, -0.2) is 81.7 Å². The molecule has 0 bridgehead atoms. The summed E-state index contributed by atoms with van der Waals surface area (Å²) in [6.07, 6.45) is 1.88. The molecule has 0 amide bonds. The number of hydrogen-bond donors (Lipinski definition) is 1. The highest BCUT2D eigenvalue weighted by molar-refractivity contribution is 7.89. The average Bonchev–Trinajstić information content (AvgIpc) is 3.33. The van der Waals surface area contributed by atoms with Crippen LogP contribution in [0.2, 0.25) is 0 Å². The minimum Gasteiger partial charge on any atom is -0.477 e. The van der Waals surface area contributed by atoms with Gasteiger partial charge in [-0.3, -0.25) is 4.79 Å². The van der Waals surface area contributed by atoms with E-state index in [0.29, 0.717) is 50.3 Å². The fourth-order valence-corrected chi connectivity index (χ4v) is 6.07. The molecule has 3 aromatic heterocycles. The largest absolute Gasteiger partial charge is 0.477 e. The average molecular weight is 538 g/mol. The Bertz CT molecular complexity index is 1610. The maximum absolute atomic E-state index is 13.5. The first-order chi connectivity index (χ1) is 18.4. The minimum atomic E-state index is -3.80. The lowest BCUT2D eigenvalue weighted by Gasteiger charge is -2.33. The number of nitrogens with zero attached hydrogens (tertiary/aromatic N) is 6. The molecule has 0 aliphatic carbocycles. The second kappa shape index (κ2) is 10.6. The molecule has 5 rings (SSSR count). The smallest absolute Gasteiger partial charge is 0.279 e. The van der Waals surface area contributed by atoms with Crippen molar-refractivity contribution < 1.29 is 13.2 Å². The second-order valence-electron chi connectivity index (χ2n) is 8.95. The number of fused-ring (bicyclic) bond motifs is 1. The number of aromatic nitrogens is 5. The highest BCUT2D eigenvalue weighted by Gasteiger charge is 2.30. The summed E-state index contributed by atoms with van der Waals surface area (Å²) in [6.45, 7) is 9.17. The molecule has 1 aliphatic rings. The lowest BCUT2D eigenvalue weighted by Crippen LogP contribution is -2.48. The van der Waals surface area contributed by atoms with Crippen molar-refractivity contribution in [3.05, 3.63) is 58.6 Å². The van der Waals surface area contributed by atoms with Gasteiger partial charge in [0.15, 0.2) is 5.52 Å². The van der Waals surface area contributed by atoms with Gasteiger partial charge < -0.3 is 14.6 Å². The number of likely N-dealkylation sites (N-methyl/N-ethyl adjacent to an activating group) is 1. The quantitative estimate of drug-likeness (QED) is 0.363. The Labute approximate surface area is 221 Å². The number of hydrogen-bond acceptors (Lipinski definition) is 8. The lowest BCUT2D eigenvalue weighted by atomic mass is 10.2. The number of benzene rings is 1. The van der Waals surface area contributed by atoms with Crippen LogP contribution in [0.25, 0.3) is 28.1 Å². The van der Waals surface area contributed by atoms with Gasteiger partial charge in [0.1, 0.15) is 16.2 Å². The normalized spacial score (nSPS) is 15.2. The zero-order chi connectivity index (χ0) is 26.9. The Kier molecular flexibility index (Phi) is 7.28. The van der Waals surface area contributed by atoms with Crippen LogP contribution >= 0.6 is 0 Å². The van der Waals surface area contributed by atoms with Gasteiger partial charge in [0, 0.05) is 26.2 Å². The standard InChI is InChI=1S/C26H31N7O4S/c1-4-21-22-23(30-33(21)18-10-8-7-9-11-18)25(34)29-24(28-22)20-16-19(17-27-26(20)37-6-3)38(35,36)32-14-12-31(5-2)13-15-32/h7-11,16-17H,4-6,12-15H2,1-3H3,(H,28,29,34). The molecule has 0 atom stereocenters. The van der Waals surface area contributed by atoms with E-state index >= 15 is 0 Å². The molecule has 1 aliphatic heterocycles. The first-order valence-corrected chi connectivity index (χ1v) is 14.2. The number of aryl methyl sites for hydroxylation is 1. The number of para-hydroxylation sites is 1. The number of rotatable bonds is 8. The predicted octanol–water partition coefficient (Wildman–Crippen LogP) is 2.46. The number of H-pyrrole nitrogens is 1. The number of ether oxygens (including phenoxy) is 1. The van der Waals surface area contributed by atoms with Crippen LogP contribution in [0.3, 0.4) is 0 Å². The lowest BCUT2D eigenvalue weighted by molar-refractivity contribution is 0.196. The molecular weight excluding hydrogens is 506 g/mol. The number of nitrogens with one attached hydrogen (secondary N) is 1. The summed E-state index contributed by atoms with van der Waals surface area (Å²) in [5.74, 6) is 0.367. The number of aromatic amines is 1. The maximum Gasteiger partial charge on any atom is 0.279 e. The van der Waals surface area contributed by atoms with Crippen molar-refractivity contribution in [1.29, 1.82) is 0 Å². The van der Waals surface area contributed by atoms with Crippen molar-refractivity contribution in [3.63, 3.8) is 0 Å².